The van der Waals surface area contributed by atoms with Crippen molar-refractivity contribution in [3.05, 3.63) is 12.2 Å². The summed E-state index contributed by atoms with van der Waals surface area (Å²) in [5.41, 5.74) is 0.0633. The number of hydrogen-bond acceptors (Lipinski definition) is 4. The number of fused-ring (bicyclic) bond motifs is 5. The van der Waals surface area contributed by atoms with Crippen LogP contribution in [-0.2, 0) is 14.3 Å². The number of methoxy groups -OCH3 is 1. The molecule has 0 spiro atoms. The molecule has 4 aliphatic rings. The Morgan fingerprint density at radius 3 is 2.22 bits per heavy atom. The molecule has 4 unspecified atom stereocenters. The van der Waals surface area contributed by atoms with Crippen molar-refractivity contribution >= 4 is 11.9 Å². The Hall–Kier alpha value is -1.36. The largest absolute Gasteiger partial charge is 0.481 e. The molecule has 0 aliphatic heterocycles. The second-order valence-electron chi connectivity index (χ2n) is 14.5. The fourth-order valence-electron chi connectivity index (χ4n) is 11.1. The zero-order chi connectivity index (χ0) is 26.9. The number of hydrogen-bond donors (Lipinski definition) is 2. The molecule has 0 aromatic rings. The van der Waals surface area contributed by atoms with Crippen LogP contribution in [0.5, 0.6) is 0 Å². The van der Waals surface area contributed by atoms with E-state index in [1.165, 1.54) is 12.7 Å². The number of esters is 1. The normalized spacial score (nSPS) is 46.3. The van der Waals surface area contributed by atoms with E-state index >= 15 is 0 Å². The van der Waals surface area contributed by atoms with Crippen molar-refractivity contribution in [2.75, 3.05) is 13.7 Å². The van der Waals surface area contributed by atoms with Gasteiger partial charge in [0, 0.05) is 6.61 Å². The standard InChI is InChI=1S/C31H50O5/c1-19(2)20-11-14-31(18-32)16-15-29(6)21(25(20)31)9-10-23-28(5,17-24(33)34)22(12-13-30(23,29)7)27(3,4)26(35)36-8/h20-23,25,32H,1,9-18H2,2-8H3,(H,33,34)/t20?,21?,22?,23-,25?,28+,29-,30-,31-/m1/s1. The van der Waals surface area contributed by atoms with Gasteiger partial charge in [0.2, 0.25) is 0 Å². The maximum atomic E-state index is 12.9. The summed E-state index contributed by atoms with van der Waals surface area (Å²) in [7, 11) is 1.44. The Morgan fingerprint density at radius 1 is 1.00 bits per heavy atom. The zero-order valence-corrected chi connectivity index (χ0v) is 23.8. The van der Waals surface area contributed by atoms with Gasteiger partial charge in [-0.25, -0.2) is 0 Å². The van der Waals surface area contributed by atoms with Crippen molar-refractivity contribution in [2.45, 2.75) is 99.3 Å². The minimum atomic E-state index is -0.777. The summed E-state index contributed by atoms with van der Waals surface area (Å²) in [6.45, 7) is 17.8. The Bertz CT molecular complexity index is 924. The fourth-order valence-corrected chi connectivity index (χ4v) is 11.1. The van der Waals surface area contributed by atoms with Crippen molar-refractivity contribution in [1.82, 2.24) is 0 Å². The van der Waals surface area contributed by atoms with Crippen LogP contribution in [0.25, 0.3) is 0 Å². The van der Waals surface area contributed by atoms with E-state index in [0.29, 0.717) is 17.8 Å². The molecule has 0 bridgehead atoms. The van der Waals surface area contributed by atoms with Crippen LogP contribution in [0.4, 0.5) is 0 Å². The van der Waals surface area contributed by atoms with Gasteiger partial charge in [0.05, 0.1) is 18.9 Å². The number of aliphatic carboxylic acids is 1. The number of carbonyl (C=O) groups is 2. The molecule has 36 heavy (non-hydrogen) atoms. The lowest BCUT2D eigenvalue weighted by Gasteiger charge is -2.71. The highest BCUT2D eigenvalue weighted by Crippen LogP contribution is 2.76. The first-order chi connectivity index (χ1) is 16.6. The summed E-state index contributed by atoms with van der Waals surface area (Å²) in [6.07, 6.45) is 8.30. The van der Waals surface area contributed by atoms with Crippen LogP contribution in [-0.4, -0.2) is 35.9 Å². The first kappa shape index (κ1) is 27.7. The maximum absolute atomic E-state index is 12.9. The average Bonchev–Trinajstić information content (AvgIpc) is 3.19. The molecule has 0 heterocycles. The Morgan fingerprint density at radius 2 is 1.67 bits per heavy atom. The first-order valence-electron chi connectivity index (χ1n) is 14.2. The number of carboxylic acids is 1. The quantitative estimate of drug-likeness (QED) is 0.320. The van der Waals surface area contributed by atoms with Crippen LogP contribution in [0.1, 0.15) is 99.3 Å². The van der Waals surface area contributed by atoms with E-state index in [1.54, 1.807) is 0 Å². The molecule has 0 amide bonds. The summed E-state index contributed by atoms with van der Waals surface area (Å²) < 4.78 is 5.22. The van der Waals surface area contributed by atoms with Gasteiger partial charge < -0.3 is 14.9 Å². The highest BCUT2D eigenvalue weighted by molar-refractivity contribution is 5.76. The highest BCUT2D eigenvalue weighted by atomic mass is 16.5. The van der Waals surface area contributed by atoms with E-state index in [4.69, 9.17) is 4.74 Å². The van der Waals surface area contributed by atoms with Crippen molar-refractivity contribution in [1.29, 1.82) is 0 Å². The number of carboxylic acid groups (broad SMARTS) is 1. The van der Waals surface area contributed by atoms with Crippen LogP contribution in [0.2, 0.25) is 0 Å². The number of ether oxygens (including phenoxy) is 1. The summed E-state index contributed by atoms with van der Waals surface area (Å²) in [5.74, 6) is 0.559. The molecule has 9 atom stereocenters. The molecule has 0 aromatic heterocycles. The lowest BCUT2D eigenvalue weighted by molar-refractivity contribution is -0.234. The van der Waals surface area contributed by atoms with Gasteiger partial charge in [0.25, 0.3) is 0 Å². The van der Waals surface area contributed by atoms with E-state index in [9.17, 15) is 19.8 Å². The molecular formula is C31H50O5. The molecule has 0 radical (unpaired) electrons. The van der Waals surface area contributed by atoms with E-state index in [-0.39, 0.29) is 47.1 Å². The van der Waals surface area contributed by atoms with E-state index < -0.39 is 16.8 Å². The SMILES string of the molecule is C=C(C)C1CC[C@]2(CO)CC[C@]3(C)C(CC[C@@H]4[C@@](C)(CC(=O)O)C(C(C)(C)C(=O)OC)CC[C@]43C)C12. The van der Waals surface area contributed by atoms with Crippen molar-refractivity contribution < 1.29 is 24.5 Å². The van der Waals surface area contributed by atoms with Gasteiger partial charge in [0.1, 0.15) is 0 Å². The maximum Gasteiger partial charge on any atom is 0.311 e. The molecule has 5 heteroatoms. The third-order valence-corrected chi connectivity index (χ3v) is 12.9. The van der Waals surface area contributed by atoms with Gasteiger partial charge in [-0.05, 0) is 123 Å². The highest BCUT2D eigenvalue weighted by Gasteiger charge is 2.70. The van der Waals surface area contributed by atoms with E-state index in [0.717, 1.165) is 51.4 Å². The number of aliphatic hydroxyl groups is 1. The van der Waals surface area contributed by atoms with Gasteiger partial charge in [-0.3, -0.25) is 9.59 Å². The number of carbonyl (C=O) groups excluding carboxylic acids is 1. The van der Waals surface area contributed by atoms with E-state index in [1.807, 2.05) is 13.8 Å². The summed E-state index contributed by atoms with van der Waals surface area (Å²) >= 11 is 0. The Labute approximate surface area is 218 Å². The molecule has 204 valence electrons. The summed E-state index contributed by atoms with van der Waals surface area (Å²) in [6, 6.07) is 0. The molecule has 5 nitrogen and oxygen atoms in total. The minimum Gasteiger partial charge on any atom is -0.481 e. The molecule has 4 aliphatic carbocycles. The van der Waals surface area contributed by atoms with Crippen LogP contribution in [0.15, 0.2) is 12.2 Å². The minimum absolute atomic E-state index is 0.00539. The van der Waals surface area contributed by atoms with Gasteiger partial charge in [-0.1, -0.05) is 32.9 Å². The molecule has 0 saturated heterocycles. The predicted molar refractivity (Wildman–Crippen MR) is 141 cm³/mol. The predicted octanol–water partition coefficient (Wildman–Crippen LogP) is 6.49. The molecule has 2 N–H and O–H groups in total. The molecule has 4 rings (SSSR count). The van der Waals surface area contributed by atoms with Gasteiger partial charge in [-0.2, -0.15) is 0 Å². The number of allylic oxidation sites excluding steroid dienone is 1. The Balaban J connectivity index is 1.79. The first-order valence-corrected chi connectivity index (χ1v) is 14.2. The van der Waals surface area contributed by atoms with Gasteiger partial charge >= 0.3 is 11.9 Å². The third-order valence-electron chi connectivity index (χ3n) is 12.9. The lowest BCUT2D eigenvalue weighted by atomic mass is 9.33. The Kier molecular flexibility index (Phi) is 6.80. The summed E-state index contributed by atoms with van der Waals surface area (Å²) in [5, 5.41) is 20.8. The second-order valence-corrected chi connectivity index (χ2v) is 14.5. The van der Waals surface area contributed by atoms with Crippen molar-refractivity contribution in [2.24, 2.45) is 56.7 Å². The van der Waals surface area contributed by atoms with Gasteiger partial charge in [-0.15, -0.1) is 0 Å². The van der Waals surface area contributed by atoms with Crippen molar-refractivity contribution in [3.63, 3.8) is 0 Å². The van der Waals surface area contributed by atoms with E-state index in [2.05, 4.69) is 34.3 Å². The topological polar surface area (TPSA) is 83.8 Å². The van der Waals surface area contributed by atoms with Crippen molar-refractivity contribution in [3.8, 4) is 0 Å². The average molecular weight is 503 g/mol. The molecular weight excluding hydrogens is 452 g/mol. The number of rotatable bonds is 6. The van der Waals surface area contributed by atoms with Crippen LogP contribution in [0.3, 0.4) is 0 Å². The smallest absolute Gasteiger partial charge is 0.311 e. The van der Waals surface area contributed by atoms with Crippen LogP contribution < -0.4 is 0 Å². The lowest BCUT2D eigenvalue weighted by Crippen LogP contribution is -2.65. The third kappa shape index (κ3) is 3.57. The van der Waals surface area contributed by atoms with Crippen LogP contribution in [0, 0.1) is 56.7 Å². The van der Waals surface area contributed by atoms with Crippen LogP contribution >= 0.6 is 0 Å². The fraction of sp³-hybridized carbons (Fsp3) is 0.871. The van der Waals surface area contributed by atoms with Gasteiger partial charge in [0.15, 0.2) is 0 Å². The number of aliphatic hydroxyl groups excluding tert-OH is 1. The zero-order valence-electron chi connectivity index (χ0n) is 23.8. The molecule has 4 fully saturated rings. The second kappa shape index (κ2) is 8.85. The molecule has 0 aromatic carbocycles. The molecule has 4 saturated carbocycles. The monoisotopic (exact) mass is 502 g/mol. The summed E-state index contributed by atoms with van der Waals surface area (Å²) in [4.78, 5) is 25.2.